The van der Waals surface area contributed by atoms with Crippen molar-refractivity contribution in [2.75, 3.05) is 0 Å². The number of nitrogens with zero attached hydrogens (tertiary/aromatic N) is 2. The maximum atomic E-state index is 13.2. The quantitative estimate of drug-likeness (QED) is 0.433. The van der Waals surface area contributed by atoms with Gasteiger partial charge in [-0.15, -0.1) is 0 Å². The van der Waals surface area contributed by atoms with Crippen LogP contribution in [-0.2, 0) is 19.5 Å². The zero-order valence-electron chi connectivity index (χ0n) is 19.1. The van der Waals surface area contributed by atoms with Crippen LogP contribution in [0.3, 0.4) is 0 Å². The van der Waals surface area contributed by atoms with Gasteiger partial charge in [-0.1, -0.05) is 81.8 Å². The molecule has 0 fully saturated rings. The van der Waals surface area contributed by atoms with Crippen molar-refractivity contribution >= 4 is 17.6 Å². The topological polar surface area (TPSA) is 64.2 Å². The third kappa shape index (κ3) is 5.33. The standard InChI is InChI=1S/C26H31ClN2O3/c1-17(2)9-14-23-24(27)29(15-18(3)4)26(32)28(23)16-19-10-12-20(13-11-19)21-7-5-6-8-22(21)25(30)31/h5-8,10-13,17-18H,9,14-16H2,1-4H3,(H,30,31). The van der Waals surface area contributed by atoms with E-state index in [0.29, 0.717) is 35.6 Å². The van der Waals surface area contributed by atoms with Gasteiger partial charge in [0.15, 0.2) is 0 Å². The fraction of sp³-hybridized carbons (Fsp3) is 0.385. The highest BCUT2D eigenvalue weighted by Gasteiger charge is 2.19. The number of carboxylic acid groups (broad SMARTS) is 1. The Kier molecular flexibility index (Phi) is 7.62. The third-order valence-corrected chi connectivity index (χ3v) is 5.95. The molecule has 0 saturated heterocycles. The second-order valence-corrected chi connectivity index (χ2v) is 9.45. The van der Waals surface area contributed by atoms with Gasteiger partial charge in [0.2, 0.25) is 0 Å². The summed E-state index contributed by atoms with van der Waals surface area (Å²) in [5.74, 6) is -0.128. The van der Waals surface area contributed by atoms with E-state index in [0.717, 1.165) is 29.7 Å². The molecule has 3 rings (SSSR count). The van der Waals surface area contributed by atoms with E-state index in [4.69, 9.17) is 11.6 Å². The average molecular weight is 455 g/mol. The average Bonchev–Trinajstić information content (AvgIpc) is 2.96. The van der Waals surface area contributed by atoms with Crippen LogP contribution < -0.4 is 5.69 Å². The molecule has 1 N–H and O–H groups in total. The van der Waals surface area contributed by atoms with Crippen LogP contribution in [0.4, 0.5) is 0 Å². The van der Waals surface area contributed by atoms with E-state index >= 15 is 0 Å². The number of hydrogen-bond donors (Lipinski definition) is 1. The fourth-order valence-corrected chi connectivity index (χ4v) is 4.19. The van der Waals surface area contributed by atoms with Crippen molar-refractivity contribution in [1.82, 2.24) is 9.13 Å². The Hall–Kier alpha value is -2.79. The Morgan fingerprint density at radius 2 is 1.62 bits per heavy atom. The molecule has 170 valence electrons. The number of carboxylic acids is 1. The summed E-state index contributed by atoms with van der Waals surface area (Å²) in [5.41, 5.74) is 3.54. The van der Waals surface area contributed by atoms with Gasteiger partial charge in [-0.25, -0.2) is 9.59 Å². The molecule has 32 heavy (non-hydrogen) atoms. The van der Waals surface area contributed by atoms with Gasteiger partial charge in [-0.05, 0) is 47.4 Å². The SMILES string of the molecule is CC(C)CCc1c(Cl)n(CC(C)C)c(=O)n1Cc1ccc(-c2ccccc2C(=O)O)cc1. The van der Waals surface area contributed by atoms with Gasteiger partial charge in [0.05, 0.1) is 17.8 Å². The van der Waals surface area contributed by atoms with Gasteiger partial charge >= 0.3 is 11.7 Å². The number of hydrogen-bond acceptors (Lipinski definition) is 2. The molecule has 2 aromatic carbocycles. The normalized spacial score (nSPS) is 11.5. The first-order valence-corrected chi connectivity index (χ1v) is 11.5. The van der Waals surface area contributed by atoms with Crippen molar-refractivity contribution in [3.8, 4) is 11.1 Å². The lowest BCUT2D eigenvalue weighted by Gasteiger charge is -2.11. The summed E-state index contributed by atoms with van der Waals surface area (Å²) in [6, 6.07) is 14.7. The van der Waals surface area contributed by atoms with E-state index in [1.165, 1.54) is 0 Å². The van der Waals surface area contributed by atoms with Gasteiger partial charge < -0.3 is 5.11 Å². The smallest absolute Gasteiger partial charge is 0.336 e. The minimum atomic E-state index is -0.952. The summed E-state index contributed by atoms with van der Waals surface area (Å²) in [5, 5.41) is 10.0. The van der Waals surface area contributed by atoms with Crippen LogP contribution in [0.1, 0.15) is 55.7 Å². The van der Waals surface area contributed by atoms with E-state index in [1.807, 2.05) is 30.3 Å². The number of imidazole rings is 1. The van der Waals surface area contributed by atoms with E-state index in [2.05, 4.69) is 27.7 Å². The van der Waals surface area contributed by atoms with Crippen molar-refractivity contribution in [3.05, 3.63) is 81.0 Å². The van der Waals surface area contributed by atoms with E-state index in [1.54, 1.807) is 27.3 Å². The molecule has 0 bridgehead atoms. The van der Waals surface area contributed by atoms with Gasteiger partial charge in [0.1, 0.15) is 5.15 Å². The minimum Gasteiger partial charge on any atom is -0.478 e. The highest BCUT2D eigenvalue weighted by Crippen LogP contribution is 2.25. The van der Waals surface area contributed by atoms with Crippen molar-refractivity contribution in [2.24, 2.45) is 11.8 Å². The number of halogens is 1. The molecule has 5 nitrogen and oxygen atoms in total. The zero-order valence-corrected chi connectivity index (χ0v) is 19.9. The van der Waals surface area contributed by atoms with Crippen molar-refractivity contribution in [1.29, 1.82) is 0 Å². The van der Waals surface area contributed by atoms with Gasteiger partial charge in [-0.3, -0.25) is 9.13 Å². The molecule has 3 aromatic rings. The first kappa shape index (κ1) is 23.9. The number of aromatic nitrogens is 2. The van der Waals surface area contributed by atoms with Crippen molar-refractivity contribution < 1.29 is 9.90 Å². The predicted molar refractivity (Wildman–Crippen MR) is 130 cm³/mol. The number of carbonyl (C=O) groups is 1. The Morgan fingerprint density at radius 1 is 0.969 bits per heavy atom. The molecule has 0 aliphatic rings. The van der Waals surface area contributed by atoms with Crippen LogP contribution in [0.5, 0.6) is 0 Å². The summed E-state index contributed by atoms with van der Waals surface area (Å²) in [7, 11) is 0. The lowest BCUT2D eigenvalue weighted by Crippen LogP contribution is -2.27. The summed E-state index contributed by atoms with van der Waals surface area (Å²) in [4.78, 5) is 24.7. The van der Waals surface area contributed by atoms with E-state index < -0.39 is 5.97 Å². The van der Waals surface area contributed by atoms with Crippen LogP contribution in [0.15, 0.2) is 53.3 Å². The van der Waals surface area contributed by atoms with Gasteiger partial charge in [-0.2, -0.15) is 0 Å². The molecule has 0 aliphatic carbocycles. The molecule has 0 amide bonds. The highest BCUT2D eigenvalue weighted by molar-refractivity contribution is 6.30. The van der Waals surface area contributed by atoms with Crippen molar-refractivity contribution in [2.45, 2.75) is 53.6 Å². The summed E-state index contributed by atoms with van der Waals surface area (Å²) in [6.07, 6.45) is 1.71. The van der Waals surface area contributed by atoms with Gasteiger partial charge in [0.25, 0.3) is 0 Å². The number of aromatic carboxylic acids is 1. The molecule has 6 heteroatoms. The van der Waals surface area contributed by atoms with Crippen LogP contribution in [-0.4, -0.2) is 20.2 Å². The third-order valence-electron chi connectivity index (χ3n) is 5.53. The van der Waals surface area contributed by atoms with Crippen LogP contribution in [0.25, 0.3) is 11.1 Å². The predicted octanol–water partition coefficient (Wildman–Crippen LogP) is 5.96. The maximum Gasteiger partial charge on any atom is 0.336 e. The fourth-order valence-electron chi connectivity index (χ4n) is 3.86. The molecule has 0 atom stereocenters. The van der Waals surface area contributed by atoms with E-state index in [9.17, 15) is 14.7 Å². The molecule has 0 aliphatic heterocycles. The number of rotatable bonds is 9. The van der Waals surface area contributed by atoms with Crippen LogP contribution in [0.2, 0.25) is 5.15 Å². The Balaban J connectivity index is 1.94. The maximum absolute atomic E-state index is 13.2. The van der Waals surface area contributed by atoms with Gasteiger partial charge in [0, 0.05) is 6.54 Å². The first-order chi connectivity index (χ1) is 15.2. The monoisotopic (exact) mass is 454 g/mol. The highest BCUT2D eigenvalue weighted by atomic mass is 35.5. The second-order valence-electron chi connectivity index (χ2n) is 9.09. The molecular formula is C26H31ClN2O3. The Morgan fingerprint density at radius 3 is 2.22 bits per heavy atom. The second kappa shape index (κ2) is 10.2. The molecule has 0 spiro atoms. The van der Waals surface area contributed by atoms with Crippen LogP contribution >= 0.6 is 11.6 Å². The largest absolute Gasteiger partial charge is 0.478 e. The molecule has 1 aromatic heterocycles. The Bertz CT molecular complexity index is 1140. The lowest BCUT2D eigenvalue weighted by molar-refractivity contribution is 0.0697. The molecule has 1 heterocycles. The summed E-state index contributed by atoms with van der Waals surface area (Å²) < 4.78 is 3.46. The van der Waals surface area contributed by atoms with E-state index in [-0.39, 0.29) is 11.3 Å². The zero-order chi connectivity index (χ0) is 23.4. The number of benzene rings is 2. The van der Waals surface area contributed by atoms with Crippen molar-refractivity contribution in [3.63, 3.8) is 0 Å². The lowest BCUT2D eigenvalue weighted by atomic mass is 9.98. The first-order valence-electron chi connectivity index (χ1n) is 11.1. The Labute approximate surface area is 194 Å². The van der Waals surface area contributed by atoms with Crippen LogP contribution in [0, 0.1) is 11.8 Å². The molecule has 0 saturated carbocycles. The molecular weight excluding hydrogens is 424 g/mol. The molecule has 0 unspecified atom stereocenters. The minimum absolute atomic E-state index is 0.0808. The summed E-state index contributed by atoms with van der Waals surface area (Å²) >= 11 is 6.67. The molecule has 0 radical (unpaired) electrons. The summed E-state index contributed by atoms with van der Waals surface area (Å²) in [6.45, 7) is 9.48.